The second-order valence-corrected chi connectivity index (χ2v) is 6.17. The quantitative estimate of drug-likeness (QED) is 0.570. The van der Waals surface area contributed by atoms with E-state index in [1.165, 1.54) is 5.56 Å². The van der Waals surface area contributed by atoms with Crippen molar-refractivity contribution in [1.82, 2.24) is 14.4 Å². The van der Waals surface area contributed by atoms with Crippen molar-refractivity contribution in [2.24, 2.45) is 0 Å². The van der Waals surface area contributed by atoms with Crippen LogP contribution < -0.4 is 5.32 Å². The number of pyridine rings is 1. The van der Waals surface area contributed by atoms with E-state index in [9.17, 15) is 0 Å². The molecular formula is C17H15BrN4O. The third kappa shape index (κ3) is 2.39. The molecule has 116 valence electrons. The molecule has 6 heteroatoms. The van der Waals surface area contributed by atoms with Gasteiger partial charge in [0.05, 0.1) is 0 Å². The standard InChI is InChI=1S/C17H15BrN4O/c1-3-19-17-20-12-9-11(4-5-13(12)23-17)15-16(18)22-7-6-10(2)8-14(22)21-15/h4-9H,3H2,1-2H3,(H,19,20). The van der Waals surface area contributed by atoms with Crippen LogP contribution in [0, 0.1) is 6.92 Å². The van der Waals surface area contributed by atoms with Gasteiger partial charge in [0, 0.05) is 18.3 Å². The molecule has 0 fully saturated rings. The van der Waals surface area contributed by atoms with E-state index in [2.05, 4.69) is 45.3 Å². The van der Waals surface area contributed by atoms with Crippen molar-refractivity contribution < 1.29 is 4.42 Å². The van der Waals surface area contributed by atoms with Gasteiger partial charge >= 0.3 is 0 Å². The smallest absolute Gasteiger partial charge is 0.295 e. The van der Waals surface area contributed by atoms with Gasteiger partial charge in [-0.25, -0.2) is 4.98 Å². The topological polar surface area (TPSA) is 55.4 Å². The molecule has 0 aliphatic rings. The summed E-state index contributed by atoms with van der Waals surface area (Å²) in [5.41, 5.74) is 5.58. The molecule has 0 saturated heterocycles. The lowest BCUT2D eigenvalue weighted by molar-refractivity contribution is 0.616. The van der Waals surface area contributed by atoms with E-state index in [4.69, 9.17) is 9.40 Å². The Morgan fingerprint density at radius 1 is 1.22 bits per heavy atom. The number of anilines is 1. The molecule has 0 atom stereocenters. The summed E-state index contributed by atoms with van der Waals surface area (Å²) in [4.78, 5) is 9.19. The molecule has 0 spiro atoms. The highest BCUT2D eigenvalue weighted by Crippen LogP contribution is 2.31. The number of hydrogen-bond acceptors (Lipinski definition) is 4. The normalized spacial score (nSPS) is 11.4. The molecule has 0 amide bonds. The van der Waals surface area contributed by atoms with Crippen LogP contribution in [0.1, 0.15) is 12.5 Å². The van der Waals surface area contributed by atoms with Crippen LogP contribution >= 0.6 is 15.9 Å². The maximum atomic E-state index is 5.64. The van der Waals surface area contributed by atoms with Crippen LogP contribution in [-0.4, -0.2) is 20.9 Å². The highest BCUT2D eigenvalue weighted by atomic mass is 79.9. The molecule has 0 radical (unpaired) electrons. The first-order valence-corrected chi connectivity index (χ1v) is 8.24. The van der Waals surface area contributed by atoms with Gasteiger partial charge in [0.15, 0.2) is 5.58 Å². The number of halogens is 1. The summed E-state index contributed by atoms with van der Waals surface area (Å²) in [6.45, 7) is 4.85. The minimum Gasteiger partial charge on any atom is -0.424 e. The first kappa shape index (κ1) is 14.3. The van der Waals surface area contributed by atoms with Crippen LogP contribution in [0.4, 0.5) is 6.01 Å². The number of rotatable bonds is 3. The van der Waals surface area contributed by atoms with Crippen LogP contribution in [0.25, 0.3) is 28.0 Å². The van der Waals surface area contributed by atoms with Gasteiger partial charge in [-0.2, -0.15) is 4.98 Å². The van der Waals surface area contributed by atoms with E-state index in [0.29, 0.717) is 6.01 Å². The van der Waals surface area contributed by atoms with Crippen LogP contribution in [0.5, 0.6) is 0 Å². The van der Waals surface area contributed by atoms with Gasteiger partial charge in [0.2, 0.25) is 0 Å². The number of aryl methyl sites for hydroxylation is 1. The van der Waals surface area contributed by atoms with E-state index in [-0.39, 0.29) is 0 Å². The molecule has 5 nitrogen and oxygen atoms in total. The summed E-state index contributed by atoms with van der Waals surface area (Å²) in [6, 6.07) is 10.6. The predicted octanol–water partition coefficient (Wildman–Crippen LogP) is 4.65. The van der Waals surface area contributed by atoms with Crippen molar-refractivity contribution in [3.8, 4) is 11.3 Å². The van der Waals surface area contributed by atoms with E-state index < -0.39 is 0 Å². The molecule has 0 aliphatic heterocycles. The summed E-state index contributed by atoms with van der Waals surface area (Å²) >= 11 is 3.65. The predicted molar refractivity (Wildman–Crippen MR) is 94.8 cm³/mol. The molecule has 0 unspecified atom stereocenters. The zero-order chi connectivity index (χ0) is 16.0. The second-order valence-electron chi connectivity index (χ2n) is 5.42. The van der Waals surface area contributed by atoms with Gasteiger partial charge in [-0.3, -0.25) is 4.40 Å². The summed E-state index contributed by atoms with van der Waals surface area (Å²) < 4.78 is 8.60. The zero-order valence-electron chi connectivity index (χ0n) is 12.8. The van der Waals surface area contributed by atoms with Gasteiger partial charge in [-0.1, -0.05) is 0 Å². The highest BCUT2D eigenvalue weighted by molar-refractivity contribution is 9.10. The maximum Gasteiger partial charge on any atom is 0.295 e. The van der Waals surface area contributed by atoms with Crippen LogP contribution in [0.15, 0.2) is 45.5 Å². The van der Waals surface area contributed by atoms with Crippen molar-refractivity contribution in [1.29, 1.82) is 0 Å². The van der Waals surface area contributed by atoms with E-state index >= 15 is 0 Å². The Balaban J connectivity index is 1.86. The van der Waals surface area contributed by atoms with E-state index in [1.54, 1.807) is 0 Å². The average molecular weight is 371 g/mol. The fourth-order valence-corrected chi connectivity index (χ4v) is 3.22. The van der Waals surface area contributed by atoms with E-state index in [0.717, 1.165) is 39.2 Å². The highest BCUT2D eigenvalue weighted by Gasteiger charge is 2.14. The second kappa shape index (κ2) is 5.38. The maximum absolute atomic E-state index is 5.64. The minimum atomic E-state index is 0.546. The first-order valence-electron chi connectivity index (χ1n) is 7.45. The number of nitrogens with one attached hydrogen (secondary N) is 1. The van der Waals surface area contributed by atoms with Crippen molar-refractivity contribution in [3.63, 3.8) is 0 Å². The molecule has 0 saturated carbocycles. The molecule has 1 aromatic carbocycles. The molecule has 4 aromatic rings. The lowest BCUT2D eigenvalue weighted by Crippen LogP contribution is -1.95. The number of fused-ring (bicyclic) bond motifs is 2. The molecule has 0 aliphatic carbocycles. The Bertz CT molecular complexity index is 1020. The molecular weight excluding hydrogens is 356 g/mol. The third-order valence-electron chi connectivity index (χ3n) is 3.71. The SMILES string of the molecule is CCNc1nc2cc(-c3nc4cc(C)ccn4c3Br)ccc2o1. The summed E-state index contributed by atoms with van der Waals surface area (Å²) in [5, 5.41) is 3.09. The third-order valence-corrected chi connectivity index (χ3v) is 4.47. The zero-order valence-corrected chi connectivity index (χ0v) is 14.4. The fourth-order valence-electron chi connectivity index (χ4n) is 2.60. The monoisotopic (exact) mass is 370 g/mol. The van der Waals surface area contributed by atoms with Crippen LogP contribution in [0.3, 0.4) is 0 Å². The van der Waals surface area contributed by atoms with Crippen LogP contribution in [-0.2, 0) is 0 Å². The molecule has 0 bridgehead atoms. The summed E-state index contributed by atoms with van der Waals surface area (Å²) in [5.74, 6) is 0. The molecule has 4 rings (SSSR count). The van der Waals surface area contributed by atoms with Gasteiger partial charge in [0.1, 0.15) is 21.5 Å². The number of hydrogen-bond donors (Lipinski definition) is 1. The Kier molecular flexibility index (Phi) is 3.34. The Hall–Kier alpha value is -2.34. The number of imidazole rings is 1. The summed E-state index contributed by atoms with van der Waals surface area (Å²) in [6.07, 6.45) is 2.02. The Morgan fingerprint density at radius 3 is 2.91 bits per heavy atom. The Morgan fingerprint density at radius 2 is 2.09 bits per heavy atom. The fraction of sp³-hybridized carbons (Fsp3) is 0.176. The van der Waals surface area contributed by atoms with E-state index in [1.807, 2.05) is 35.7 Å². The van der Waals surface area contributed by atoms with Gasteiger partial charge < -0.3 is 9.73 Å². The van der Waals surface area contributed by atoms with Crippen molar-refractivity contribution in [2.45, 2.75) is 13.8 Å². The lowest BCUT2D eigenvalue weighted by Gasteiger charge is -1.98. The Labute approximate surface area is 141 Å². The van der Waals surface area contributed by atoms with Crippen molar-refractivity contribution in [3.05, 3.63) is 46.7 Å². The molecule has 1 N–H and O–H groups in total. The van der Waals surface area contributed by atoms with Crippen molar-refractivity contribution >= 4 is 38.7 Å². The van der Waals surface area contributed by atoms with Gasteiger partial charge in [-0.15, -0.1) is 0 Å². The molecule has 3 heterocycles. The number of aromatic nitrogens is 3. The summed E-state index contributed by atoms with van der Waals surface area (Å²) in [7, 11) is 0. The van der Waals surface area contributed by atoms with Gasteiger partial charge in [-0.05, 0) is 65.7 Å². The minimum absolute atomic E-state index is 0.546. The molecule has 23 heavy (non-hydrogen) atoms. The van der Waals surface area contributed by atoms with Crippen molar-refractivity contribution in [2.75, 3.05) is 11.9 Å². The largest absolute Gasteiger partial charge is 0.424 e. The number of nitrogens with zero attached hydrogens (tertiary/aromatic N) is 3. The molecule has 3 aromatic heterocycles. The average Bonchev–Trinajstić information content (AvgIpc) is 3.07. The van der Waals surface area contributed by atoms with Crippen LogP contribution in [0.2, 0.25) is 0 Å². The number of benzene rings is 1. The van der Waals surface area contributed by atoms with Gasteiger partial charge in [0.25, 0.3) is 6.01 Å². The lowest BCUT2D eigenvalue weighted by atomic mass is 10.1. The number of oxazole rings is 1. The first-order chi connectivity index (χ1) is 11.2.